The van der Waals surface area contributed by atoms with E-state index in [4.69, 9.17) is 0 Å². The molecular formula is C13H20N6S. The van der Waals surface area contributed by atoms with Crippen LogP contribution in [0.4, 0.5) is 11.6 Å². The summed E-state index contributed by atoms with van der Waals surface area (Å²) in [5.41, 5.74) is 0. The summed E-state index contributed by atoms with van der Waals surface area (Å²) in [5.74, 6) is 1.72. The second kappa shape index (κ2) is 7.74. The van der Waals surface area contributed by atoms with Crippen LogP contribution in [0.25, 0.3) is 0 Å². The maximum Gasteiger partial charge on any atom is 0.191 e. The third-order valence-electron chi connectivity index (χ3n) is 2.68. The van der Waals surface area contributed by atoms with Crippen LogP contribution >= 0.6 is 11.8 Å². The first kappa shape index (κ1) is 14.6. The van der Waals surface area contributed by atoms with Gasteiger partial charge in [-0.3, -0.25) is 0 Å². The van der Waals surface area contributed by atoms with Gasteiger partial charge in [0.2, 0.25) is 0 Å². The first-order valence-electron chi connectivity index (χ1n) is 6.68. The van der Waals surface area contributed by atoms with Crippen molar-refractivity contribution in [2.75, 3.05) is 30.0 Å². The van der Waals surface area contributed by atoms with Gasteiger partial charge < -0.3 is 15.2 Å². The molecule has 0 saturated carbocycles. The molecule has 0 fully saturated rings. The summed E-state index contributed by atoms with van der Waals surface area (Å²) >= 11 is 1.54. The Morgan fingerprint density at radius 2 is 1.95 bits per heavy atom. The minimum absolute atomic E-state index is 0.774. The number of rotatable bonds is 8. The molecule has 108 valence electrons. The van der Waals surface area contributed by atoms with Crippen LogP contribution in [0.2, 0.25) is 0 Å². The van der Waals surface area contributed by atoms with Crippen molar-refractivity contribution < 1.29 is 0 Å². The molecule has 2 aromatic rings. The molecular weight excluding hydrogens is 272 g/mol. The van der Waals surface area contributed by atoms with Crippen LogP contribution in [0.3, 0.4) is 0 Å². The molecule has 2 rings (SSSR count). The van der Waals surface area contributed by atoms with Crippen LogP contribution in [0.1, 0.15) is 13.3 Å². The molecule has 2 heterocycles. The predicted molar refractivity (Wildman–Crippen MR) is 83.3 cm³/mol. The summed E-state index contributed by atoms with van der Waals surface area (Å²) < 4.78 is 2.03. The van der Waals surface area contributed by atoms with E-state index >= 15 is 0 Å². The molecule has 0 amide bonds. The standard InChI is InChI=1S/C13H20N6S/c1-3-4-15-11-9-12(18-13(17-11)20-2)16-6-8-19-7-5-14-10-19/h5,7,9-10H,3-4,6,8H2,1-2H3,(H2,15,16,17,18). The fourth-order valence-electron chi connectivity index (χ4n) is 1.68. The Bertz CT molecular complexity index is 514. The average Bonchev–Trinajstić information content (AvgIpc) is 2.98. The number of hydrogen-bond acceptors (Lipinski definition) is 6. The van der Waals surface area contributed by atoms with Gasteiger partial charge in [0.15, 0.2) is 5.16 Å². The molecule has 2 aromatic heterocycles. The minimum Gasteiger partial charge on any atom is -0.370 e. The van der Waals surface area contributed by atoms with Crippen LogP contribution in [0, 0.1) is 0 Å². The van der Waals surface area contributed by atoms with Crippen molar-refractivity contribution in [3.05, 3.63) is 24.8 Å². The van der Waals surface area contributed by atoms with Crippen LogP contribution in [0.15, 0.2) is 29.9 Å². The summed E-state index contributed by atoms with van der Waals surface area (Å²) in [6.45, 7) is 4.71. The monoisotopic (exact) mass is 292 g/mol. The molecule has 0 aromatic carbocycles. The highest BCUT2D eigenvalue weighted by Gasteiger charge is 2.03. The lowest BCUT2D eigenvalue weighted by molar-refractivity contribution is 0.724. The van der Waals surface area contributed by atoms with Gasteiger partial charge in [0.25, 0.3) is 0 Å². The second-order valence-electron chi connectivity index (χ2n) is 4.28. The largest absolute Gasteiger partial charge is 0.370 e. The van der Waals surface area contributed by atoms with Crippen LogP contribution in [0.5, 0.6) is 0 Å². The number of imidazole rings is 1. The number of hydrogen-bond donors (Lipinski definition) is 2. The topological polar surface area (TPSA) is 67.7 Å². The van der Waals surface area contributed by atoms with Crippen molar-refractivity contribution in [1.29, 1.82) is 0 Å². The van der Waals surface area contributed by atoms with Gasteiger partial charge in [-0.2, -0.15) is 0 Å². The SMILES string of the molecule is CCCNc1cc(NCCn2ccnc2)nc(SC)n1. The predicted octanol–water partition coefficient (Wildman–Crippen LogP) is 2.33. The lowest BCUT2D eigenvalue weighted by Crippen LogP contribution is -2.11. The zero-order valence-electron chi connectivity index (χ0n) is 11.8. The second-order valence-corrected chi connectivity index (χ2v) is 5.05. The zero-order valence-corrected chi connectivity index (χ0v) is 12.7. The van der Waals surface area contributed by atoms with Gasteiger partial charge in [0.05, 0.1) is 6.33 Å². The highest BCUT2D eigenvalue weighted by atomic mass is 32.2. The molecule has 0 aliphatic heterocycles. The molecule has 0 radical (unpaired) electrons. The Kier molecular flexibility index (Phi) is 5.67. The third-order valence-corrected chi connectivity index (χ3v) is 3.23. The fraction of sp³-hybridized carbons (Fsp3) is 0.462. The lowest BCUT2D eigenvalue weighted by atomic mass is 10.4. The Labute approximate surface area is 123 Å². The summed E-state index contributed by atoms with van der Waals surface area (Å²) in [6, 6.07) is 1.95. The van der Waals surface area contributed by atoms with Crippen molar-refractivity contribution in [2.24, 2.45) is 0 Å². The van der Waals surface area contributed by atoms with Gasteiger partial charge in [0, 0.05) is 38.1 Å². The smallest absolute Gasteiger partial charge is 0.191 e. The van der Waals surface area contributed by atoms with E-state index in [1.54, 1.807) is 18.0 Å². The molecule has 6 nitrogen and oxygen atoms in total. The highest BCUT2D eigenvalue weighted by molar-refractivity contribution is 7.98. The molecule has 7 heteroatoms. The minimum atomic E-state index is 0.774. The number of nitrogens with zero attached hydrogens (tertiary/aromatic N) is 4. The first-order chi connectivity index (χ1) is 9.81. The van der Waals surface area contributed by atoms with E-state index in [0.29, 0.717) is 0 Å². The van der Waals surface area contributed by atoms with Gasteiger partial charge in [0.1, 0.15) is 11.6 Å². The number of nitrogens with one attached hydrogen (secondary N) is 2. The number of aromatic nitrogens is 4. The van der Waals surface area contributed by atoms with E-state index in [1.807, 2.05) is 29.4 Å². The maximum atomic E-state index is 4.45. The van der Waals surface area contributed by atoms with E-state index in [1.165, 1.54) is 0 Å². The van der Waals surface area contributed by atoms with E-state index in [-0.39, 0.29) is 0 Å². The van der Waals surface area contributed by atoms with Gasteiger partial charge in [-0.05, 0) is 12.7 Å². The molecule has 0 saturated heterocycles. The Morgan fingerprint density at radius 3 is 2.55 bits per heavy atom. The van der Waals surface area contributed by atoms with Crippen molar-refractivity contribution in [3.63, 3.8) is 0 Å². The third kappa shape index (κ3) is 4.41. The molecule has 2 N–H and O–H groups in total. The van der Waals surface area contributed by atoms with E-state index in [9.17, 15) is 0 Å². The molecule has 20 heavy (non-hydrogen) atoms. The Hall–Kier alpha value is -1.76. The quantitative estimate of drug-likeness (QED) is 0.575. The number of anilines is 2. The Morgan fingerprint density at radius 1 is 1.20 bits per heavy atom. The zero-order chi connectivity index (χ0) is 14.2. The normalized spacial score (nSPS) is 10.5. The number of thioether (sulfide) groups is 1. The van der Waals surface area contributed by atoms with Crippen molar-refractivity contribution in [3.8, 4) is 0 Å². The average molecular weight is 292 g/mol. The van der Waals surface area contributed by atoms with E-state index in [2.05, 4.69) is 32.5 Å². The van der Waals surface area contributed by atoms with E-state index < -0.39 is 0 Å². The fourth-order valence-corrected chi connectivity index (χ4v) is 2.06. The molecule has 0 aliphatic carbocycles. The summed E-state index contributed by atoms with van der Waals surface area (Å²) in [5, 5.41) is 7.39. The van der Waals surface area contributed by atoms with Crippen LogP contribution < -0.4 is 10.6 Å². The van der Waals surface area contributed by atoms with Gasteiger partial charge in [-0.25, -0.2) is 15.0 Å². The Balaban J connectivity index is 1.94. The highest BCUT2D eigenvalue weighted by Crippen LogP contribution is 2.17. The maximum absolute atomic E-state index is 4.45. The van der Waals surface area contributed by atoms with Crippen LogP contribution in [-0.4, -0.2) is 38.9 Å². The summed E-state index contributed by atoms with van der Waals surface area (Å²) in [7, 11) is 0. The lowest BCUT2D eigenvalue weighted by Gasteiger charge is -2.10. The van der Waals surface area contributed by atoms with Crippen LogP contribution in [-0.2, 0) is 6.54 Å². The van der Waals surface area contributed by atoms with Gasteiger partial charge >= 0.3 is 0 Å². The van der Waals surface area contributed by atoms with E-state index in [0.717, 1.165) is 42.8 Å². The summed E-state index contributed by atoms with van der Waals surface area (Å²) in [6.07, 6.45) is 8.59. The van der Waals surface area contributed by atoms with Gasteiger partial charge in [-0.15, -0.1) is 0 Å². The summed E-state index contributed by atoms with van der Waals surface area (Å²) in [4.78, 5) is 12.9. The van der Waals surface area contributed by atoms with Crippen molar-refractivity contribution in [2.45, 2.75) is 25.0 Å². The molecule has 0 bridgehead atoms. The van der Waals surface area contributed by atoms with Gasteiger partial charge in [-0.1, -0.05) is 18.7 Å². The molecule has 0 spiro atoms. The molecule has 0 aliphatic rings. The first-order valence-corrected chi connectivity index (χ1v) is 7.91. The molecule has 0 unspecified atom stereocenters. The molecule has 0 atom stereocenters. The van der Waals surface area contributed by atoms with Crippen molar-refractivity contribution in [1.82, 2.24) is 19.5 Å². The van der Waals surface area contributed by atoms with Crippen molar-refractivity contribution >= 4 is 23.4 Å².